The summed E-state index contributed by atoms with van der Waals surface area (Å²) in [7, 11) is 4.17. The quantitative estimate of drug-likeness (QED) is 0.626. The number of carbonyl (C=O) groups excluding carboxylic acids is 1. The molecule has 1 fully saturated rings. The fourth-order valence-electron chi connectivity index (χ4n) is 3.71. The van der Waals surface area contributed by atoms with Crippen LogP contribution in [0.4, 0.5) is 10.7 Å². The Morgan fingerprint density at radius 1 is 1.14 bits per heavy atom. The van der Waals surface area contributed by atoms with Crippen molar-refractivity contribution in [3.63, 3.8) is 0 Å². The fraction of sp³-hybridized carbons (Fsp3) is 0.364. The number of nitrogens with one attached hydrogen (secondary N) is 1. The van der Waals surface area contributed by atoms with E-state index in [1.165, 1.54) is 0 Å². The first-order valence-electron chi connectivity index (χ1n) is 9.95. The first-order chi connectivity index (χ1) is 14.1. The molecule has 1 saturated heterocycles. The molecule has 0 radical (unpaired) electrons. The Morgan fingerprint density at radius 2 is 1.86 bits per heavy atom. The number of hydrogen-bond donors (Lipinski definition) is 1. The highest BCUT2D eigenvalue weighted by Crippen LogP contribution is 2.28. The molecule has 4 rings (SSSR count). The van der Waals surface area contributed by atoms with Crippen LogP contribution < -0.4 is 15.0 Å². The Labute approximate surface area is 170 Å². The van der Waals surface area contributed by atoms with Gasteiger partial charge in [0.05, 0.1) is 17.6 Å². The Balaban J connectivity index is 1.43. The van der Waals surface area contributed by atoms with Crippen LogP contribution in [0.25, 0.3) is 11.0 Å². The molecule has 1 aliphatic rings. The number of ether oxygens (including phenoxy) is 1. The minimum Gasteiger partial charge on any atom is -0.492 e. The average molecular weight is 393 g/mol. The van der Waals surface area contributed by atoms with Gasteiger partial charge in [0.1, 0.15) is 12.4 Å². The molecule has 1 aliphatic heterocycles. The zero-order chi connectivity index (χ0) is 20.2. The highest BCUT2D eigenvalue weighted by Gasteiger charge is 2.32. The number of hydrogen-bond acceptors (Lipinski definition) is 5. The van der Waals surface area contributed by atoms with Crippen LogP contribution >= 0.6 is 0 Å². The van der Waals surface area contributed by atoms with Gasteiger partial charge in [0.25, 0.3) is 0 Å². The molecule has 0 aliphatic carbocycles. The monoisotopic (exact) mass is 393 g/mol. The zero-order valence-corrected chi connectivity index (χ0v) is 16.9. The average Bonchev–Trinajstić information content (AvgIpc) is 3.07. The summed E-state index contributed by atoms with van der Waals surface area (Å²) in [6, 6.07) is 17.2. The number of nitrogens with zero attached hydrogens (tertiary/aromatic N) is 4. The van der Waals surface area contributed by atoms with Gasteiger partial charge in [0.15, 0.2) is 0 Å². The van der Waals surface area contributed by atoms with Crippen LogP contribution in [-0.4, -0.2) is 67.4 Å². The summed E-state index contributed by atoms with van der Waals surface area (Å²) in [6.45, 7) is 3.69. The third kappa shape index (κ3) is 4.35. The summed E-state index contributed by atoms with van der Waals surface area (Å²) in [6.07, 6.45) is 0. The lowest BCUT2D eigenvalue weighted by molar-refractivity contribution is 0.237. The number of carbonyl (C=O) groups is 1. The van der Waals surface area contributed by atoms with Crippen molar-refractivity contribution in [3.8, 4) is 5.75 Å². The Hall–Kier alpha value is -3.06. The summed E-state index contributed by atoms with van der Waals surface area (Å²) >= 11 is 0. The van der Waals surface area contributed by atoms with Crippen molar-refractivity contribution in [2.45, 2.75) is 0 Å². The van der Waals surface area contributed by atoms with E-state index in [4.69, 9.17) is 9.72 Å². The van der Waals surface area contributed by atoms with Crippen molar-refractivity contribution in [2.24, 2.45) is 5.92 Å². The second-order valence-corrected chi connectivity index (χ2v) is 7.66. The van der Waals surface area contributed by atoms with E-state index in [-0.39, 0.29) is 6.03 Å². The number of fused-ring (bicyclic) bond motifs is 1. The molecule has 0 saturated carbocycles. The van der Waals surface area contributed by atoms with Crippen molar-refractivity contribution in [1.29, 1.82) is 0 Å². The molecule has 0 atom stereocenters. The van der Waals surface area contributed by atoms with Gasteiger partial charge in [-0.2, -0.15) is 0 Å². The Morgan fingerprint density at radius 3 is 2.62 bits per heavy atom. The predicted octanol–water partition coefficient (Wildman–Crippen LogP) is 2.67. The second kappa shape index (κ2) is 8.53. The van der Waals surface area contributed by atoms with E-state index >= 15 is 0 Å². The number of para-hydroxylation sites is 3. The highest BCUT2D eigenvalue weighted by molar-refractivity contribution is 5.93. The molecule has 0 spiro atoms. The standard InChI is InChI=1S/C22H27N5O2/c1-25(2)14-17-15-26(16-17)21-24-19-10-6-7-11-20(19)27(21)22(28)23-12-13-29-18-8-4-3-5-9-18/h3-11,17H,12-16H2,1-2H3,(H,23,28). The predicted molar refractivity (Wildman–Crippen MR) is 115 cm³/mol. The number of aromatic nitrogens is 2. The Kier molecular flexibility index (Phi) is 5.67. The minimum absolute atomic E-state index is 0.179. The molecule has 7 nitrogen and oxygen atoms in total. The summed E-state index contributed by atoms with van der Waals surface area (Å²) in [5.74, 6) is 2.10. The van der Waals surface area contributed by atoms with E-state index < -0.39 is 0 Å². The molecule has 2 heterocycles. The number of anilines is 1. The molecule has 3 aromatic rings. The number of rotatable bonds is 7. The maximum atomic E-state index is 13.0. The van der Waals surface area contributed by atoms with Gasteiger partial charge in [-0.25, -0.2) is 14.3 Å². The van der Waals surface area contributed by atoms with Gasteiger partial charge in [-0.3, -0.25) is 0 Å². The number of imidazole rings is 1. The first-order valence-corrected chi connectivity index (χ1v) is 9.95. The highest BCUT2D eigenvalue weighted by atomic mass is 16.5. The SMILES string of the molecule is CN(C)CC1CN(c2nc3ccccc3n2C(=O)NCCOc2ccccc2)C1. The molecule has 1 amide bonds. The summed E-state index contributed by atoms with van der Waals surface area (Å²) in [5, 5.41) is 2.96. The molecule has 0 bridgehead atoms. The van der Waals surface area contributed by atoms with Gasteiger partial charge in [0, 0.05) is 25.6 Å². The minimum atomic E-state index is -0.179. The molecule has 2 aromatic carbocycles. The zero-order valence-electron chi connectivity index (χ0n) is 16.9. The summed E-state index contributed by atoms with van der Waals surface area (Å²) in [4.78, 5) is 22.1. The normalized spacial score (nSPS) is 14.2. The molecule has 0 unspecified atom stereocenters. The van der Waals surface area contributed by atoms with Gasteiger partial charge in [-0.1, -0.05) is 30.3 Å². The topological polar surface area (TPSA) is 62.6 Å². The third-order valence-corrected chi connectivity index (χ3v) is 5.00. The van der Waals surface area contributed by atoms with Gasteiger partial charge in [-0.15, -0.1) is 0 Å². The van der Waals surface area contributed by atoms with E-state index in [1.54, 1.807) is 4.57 Å². The van der Waals surface area contributed by atoms with Gasteiger partial charge in [-0.05, 0) is 38.4 Å². The van der Waals surface area contributed by atoms with Crippen LogP contribution in [0.1, 0.15) is 0 Å². The lowest BCUT2D eigenvalue weighted by Gasteiger charge is -2.41. The summed E-state index contributed by atoms with van der Waals surface area (Å²) in [5.41, 5.74) is 1.65. The van der Waals surface area contributed by atoms with Gasteiger partial charge >= 0.3 is 6.03 Å². The van der Waals surface area contributed by atoms with Crippen LogP contribution in [-0.2, 0) is 0 Å². The molecule has 152 valence electrons. The van der Waals surface area contributed by atoms with Crippen LogP contribution in [0, 0.1) is 5.92 Å². The molecule has 29 heavy (non-hydrogen) atoms. The molecule has 1 N–H and O–H groups in total. The molecular formula is C22H27N5O2. The molecular weight excluding hydrogens is 366 g/mol. The lowest BCUT2D eigenvalue weighted by Crippen LogP contribution is -2.52. The van der Waals surface area contributed by atoms with E-state index in [1.807, 2.05) is 54.6 Å². The van der Waals surface area contributed by atoms with Crippen molar-refractivity contribution in [3.05, 3.63) is 54.6 Å². The maximum absolute atomic E-state index is 13.0. The first kappa shape index (κ1) is 19.3. The van der Waals surface area contributed by atoms with E-state index in [0.29, 0.717) is 25.0 Å². The lowest BCUT2D eigenvalue weighted by atomic mass is 10.0. The van der Waals surface area contributed by atoms with E-state index in [2.05, 4.69) is 29.2 Å². The van der Waals surface area contributed by atoms with E-state index in [0.717, 1.165) is 36.4 Å². The van der Waals surface area contributed by atoms with Crippen LogP contribution in [0.15, 0.2) is 54.6 Å². The van der Waals surface area contributed by atoms with Crippen molar-refractivity contribution in [2.75, 3.05) is 51.8 Å². The van der Waals surface area contributed by atoms with Gasteiger partial charge < -0.3 is 19.9 Å². The van der Waals surface area contributed by atoms with Crippen LogP contribution in [0.2, 0.25) is 0 Å². The summed E-state index contributed by atoms with van der Waals surface area (Å²) < 4.78 is 7.35. The van der Waals surface area contributed by atoms with Crippen LogP contribution in [0.5, 0.6) is 5.75 Å². The van der Waals surface area contributed by atoms with Crippen LogP contribution in [0.3, 0.4) is 0 Å². The largest absolute Gasteiger partial charge is 0.492 e. The third-order valence-electron chi connectivity index (χ3n) is 5.00. The smallest absolute Gasteiger partial charge is 0.329 e. The van der Waals surface area contributed by atoms with Crippen molar-refractivity contribution >= 4 is 23.0 Å². The number of amides is 1. The Bertz CT molecular complexity index is 964. The fourth-order valence-corrected chi connectivity index (χ4v) is 3.71. The molecule has 7 heteroatoms. The number of benzene rings is 2. The van der Waals surface area contributed by atoms with Gasteiger partial charge in [0.2, 0.25) is 5.95 Å². The van der Waals surface area contributed by atoms with E-state index in [9.17, 15) is 4.79 Å². The van der Waals surface area contributed by atoms with Crippen molar-refractivity contribution < 1.29 is 9.53 Å². The second-order valence-electron chi connectivity index (χ2n) is 7.66. The maximum Gasteiger partial charge on any atom is 0.329 e. The van der Waals surface area contributed by atoms with Crippen molar-refractivity contribution in [1.82, 2.24) is 19.8 Å². The molecule has 1 aromatic heterocycles.